The molecule has 0 radical (unpaired) electrons. The van der Waals surface area contributed by atoms with Gasteiger partial charge in [0, 0.05) is 5.02 Å². The van der Waals surface area contributed by atoms with Gasteiger partial charge in [-0.2, -0.15) is 0 Å². The summed E-state index contributed by atoms with van der Waals surface area (Å²) in [5.74, 6) is -1.18. The van der Waals surface area contributed by atoms with E-state index in [4.69, 9.17) is 16.7 Å². The zero-order valence-electron chi connectivity index (χ0n) is 11.1. The van der Waals surface area contributed by atoms with Crippen molar-refractivity contribution in [1.29, 1.82) is 0 Å². The molecule has 1 N–H and O–H groups in total. The number of carbonyl (C=O) groups is 1. The maximum atomic E-state index is 12.4. The van der Waals surface area contributed by atoms with Crippen molar-refractivity contribution in [3.05, 3.63) is 28.3 Å². The Morgan fingerprint density at radius 3 is 2.47 bits per heavy atom. The molecule has 1 aromatic rings. The lowest BCUT2D eigenvalue weighted by Crippen LogP contribution is -2.19. The van der Waals surface area contributed by atoms with Crippen LogP contribution < -0.4 is 0 Å². The van der Waals surface area contributed by atoms with E-state index in [1.807, 2.05) is 6.92 Å². The largest absolute Gasteiger partial charge is 0.478 e. The molecule has 1 unspecified atom stereocenters. The van der Waals surface area contributed by atoms with Crippen LogP contribution in [0, 0.1) is 6.92 Å². The number of rotatable bonds is 5. The van der Waals surface area contributed by atoms with Gasteiger partial charge in [-0.25, -0.2) is 13.2 Å². The summed E-state index contributed by atoms with van der Waals surface area (Å²) in [5, 5.41) is 8.63. The number of aromatic carboxylic acids is 1. The van der Waals surface area contributed by atoms with Crippen LogP contribution in [-0.2, 0) is 9.84 Å². The Hall–Kier alpha value is -1.07. The minimum Gasteiger partial charge on any atom is -0.478 e. The number of benzene rings is 1. The van der Waals surface area contributed by atoms with E-state index < -0.39 is 21.1 Å². The lowest BCUT2D eigenvalue weighted by Gasteiger charge is -2.15. The van der Waals surface area contributed by atoms with Crippen molar-refractivity contribution in [2.24, 2.45) is 0 Å². The first-order valence-corrected chi connectivity index (χ1v) is 7.91. The molecule has 0 spiro atoms. The van der Waals surface area contributed by atoms with Crippen LogP contribution in [0.3, 0.4) is 0 Å². The lowest BCUT2D eigenvalue weighted by molar-refractivity contribution is 0.0696. The van der Waals surface area contributed by atoms with Crippen molar-refractivity contribution in [2.45, 2.75) is 43.8 Å². The summed E-state index contributed by atoms with van der Waals surface area (Å²) in [5.41, 5.74) is 0.162. The summed E-state index contributed by atoms with van der Waals surface area (Å²) in [6, 6.07) is 2.59. The van der Waals surface area contributed by atoms with Gasteiger partial charge >= 0.3 is 5.97 Å². The summed E-state index contributed by atoms with van der Waals surface area (Å²) < 4.78 is 24.8. The van der Waals surface area contributed by atoms with E-state index in [2.05, 4.69) is 0 Å². The van der Waals surface area contributed by atoms with Crippen LogP contribution >= 0.6 is 11.6 Å². The van der Waals surface area contributed by atoms with Crippen LogP contribution in [-0.4, -0.2) is 24.7 Å². The van der Waals surface area contributed by atoms with Gasteiger partial charge in [0.25, 0.3) is 0 Å². The van der Waals surface area contributed by atoms with Gasteiger partial charge in [-0.1, -0.05) is 24.9 Å². The molecular weight excluding hydrogens is 288 g/mol. The second-order valence-corrected chi connectivity index (χ2v) is 7.30. The topological polar surface area (TPSA) is 71.4 Å². The second-order valence-electron chi connectivity index (χ2n) is 4.53. The summed E-state index contributed by atoms with van der Waals surface area (Å²) >= 11 is 5.83. The van der Waals surface area contributed by atoms with E-state index in [9.17, 15) is 13.2 Å². The van der Waals surface area contributed by atoms with Crippen LogP contribution in [0.15, 0.2) is 17.0 Å². The third-order valence-corrected chi connectivity index (χ3v) is 5.64. The first-order chi connectivity index (χ1) is 8.71. The van der Waals surface area contributed by atoms with Crippen LogP contribution in [0.1, 0.15) is 42.6 Å². The molecule has 1 atom stereocenters. The number of hydrogen-bond acceptors (Lipinski definition) is 3. The Morgan fingerprint density at radius 1 is 1.42 bits per heavy atom. The molecular formula is C13H17ClO4S. The van der Waals surface area contributed by atoms with Crippen molar-refractivity contribution in [2.75, 3.05) is 0 Å². The molecule has 0 bridgehead atoms. The van der Waals surface area contributed by atoms with Gasteiger partial charge in [0.1, 0.15) is 0 Å². The third kappa shape index (κ3) is 3.28. The first-order valence-electron chi connectivity index (χ1n) is 5.99. The van der Waals surface area contributed by atoms with Crippen molar-refractivity contribution >= 4 is 27.4 Å². The third-order valence-electron chi connectivity index (χ3n) is 3.09. The molecule has 6 heteroatoms. The molecule has 0 aliphatic carbocycles. The van der Waals surface area contributed by atoms with Gasteiger partial charge in [-0.15, -0.1) is 0 Å². The van der Waals surface area contributed by atoms with Crippen molar-refractivity contribution in [3.63, 3.8) is 0 Å². The summed E-state index contributed by atoms with van der Waals surface area (Å²) in [7, 11) is -3.56. The van der Waals surface area contributed by atoms with E-state index in [0.29, 0.717) is 6.42 Å². The fourth-order valence-corrected chi connectivity index (χ4v) is 4.04. The standard InChI is InChI=1S/C13H17ClO4S/c1-4-5-8(2)19(17,18)12-7-10(14)6-11(9(12)3)13(15)16/h6-8H,4-5H2,1-3H3,(H,15,16). The van der Waals surface area contributed by atoms with E-state index in [1.54, 1.807) is 6.92 Å². The van der Waals surface area contributed by atoms with Crippen LogP contribution in [0.4, 0.5) is 0 Å². The first kappa shape index (κ1) is 16.0. The second kappa shape index (κ2) is 5.92. The molecule has 19 heavy (non-hydrogen) atoms. The molecule has 0 aromatic heterocycles. The molecule has 1 rings (SSSR count). The van der Waals surface area contributed by atoms with Gasteiger partial charge in [-0.05, 0) is 38.0 Å². The molecule has 0 amide bonds. The average Bonchev–Trinajstić information content (AvgIpc) is 2.31. The Bertz CT molecular complexity index is 593. The molecule has 1 aromatic carbocycles. The number of carboxylic acids is 1. The minimum atomic E-state index is -3.56. The maximum Gasteiger partial charge on any atom is 0.336 e. The van der Waals surface area contributed by atoms with E-state index >= 15 is 0 Å². The summed E-state index contributed by atoms with van der Waals surface area (Å²) in [6.07, 6.45) is 1.27. The van der Waals surface area contributed by atoms with Crippen LogP contribution in [0.5, 0.6) is 0 Å². The predicted molar refractivity (Wildman–Crippen MR) is 74.7 cm³/mol. The quantitative estimate of drug-likeness (QED) is 0.906. The molecule has 0 heterocycles. The SMILES string of the molecule is CCCC(C)S(=O)(=O)c1cc(Cl)cc(C(=O)O)c1C. The van der Waals surface area contributed by atoms with E-state index in [-0.39, 0.29) is 21.0 Å². The highest BCUT2D eigenvalue weighted by molar-refractivity contribution is 7.92. The Labute approximate surface area is 118 Å². The maximum absolute atomic E-state index is 12.4. The summed E-state index contributed by atoms with van der Waals surface area (Å²) in [6.45, 7) is 5.02. The van der Waals surface area contributed by atoms with Crippen molar-refractivity contribution in [3.8, 4) is 0 Å². The predicted octanol–water partition coefficient (Wildman–Crippen LogP) is 3.31. The fourth-order valence-electron chi connectivity index (χ4n) is 1.95. The highest BCUT2D eigenvalue weighted by Crippen LogP contribution is 2.28. The molecule has 0 aliphatic rings. The Kier molecular flexibility index (Phi) is 4.98. The monoisotopic (exact) mass is 304 g/mol. The molecule has 0 saturated carbocycles. The van der Waals surface area contributed by atoms with Crippen LogP contribution in [0.2, 0.25) is 5.02 Å². The Balaban J connectivity index is 3.47. The van der Waals surface area contributed by atoms with Gasteiger partial charge in [0.15, 0.2) is 9.84 Å². The molecule has 0 aliphatic heterocycles. The fraction of sp³-hybridized carbons (Fsp3) is 0.462. The lowest BCUT2D eigenvalue weighted by atomic mass is 10.1. The number of halogens is 1. The number of sulfone groups is 1. The number of carboxylic acid groups (broad SMARTS) is 1. The zero-order chi connectivity index (χ0) is 14.8. The highest BCUT2D eigenvalue weighted by Gasteiger charge is 2.27. The van der Waals surface area contributed by atoms with Gasteiger partial charge in [-0.3, -0.25) is 0 Å². The molecule has 0 saturated heterocycles. The molecule has 0 fully saturated rings. The molecule has 106 valence electrons. The van der Waals surface area contributed by atoms with Gasteiger partial charge < -0.3 is 5.11 Å². The van der Waals surface area contributed by atoms with Crippen molar-refractivity contribution in [1.82, 2.24) is 0 Å². The van der Waals surface area contributed by atoms with Gasteiger partial charge in [0.05, 0.1) is 15.7 Å². The van der Waals surface area contributed by atoms with E-state index in [1.165, 1.54) is 19.1 Å². The number of hydrogen-bond donors (Lipinski definition) is 1. The minimum absolute atomic E-state index is 0.0124. The smallest absolute Gasteiger partial charge is 0.336 e. The highest BCUT2D eigenvalue weighted by atomic mass is 35.5. The van der Waals surface area contributed by atoms with E-state index in [0.717, 1.165) is 6.42 Å². The van der Waals surface area contributed by atoms with Gasteiger partial charge in [0.2, 0.25) is 0 Å². The normalized spacial score (nSPS) is 13.3. The van der Waals surface area contributed by atoms with Crippen LogP contribution in [0.25, 0.3) is 0 Å². The summed E-state index contributed by atoms with van der Waals surface area (Å²) in [4.78, 5) is 11.1. The Morgan fingerprint density at radius 2 is 2.00 bits per heavy atom. The van der Waals surface area contributed by atoms with Crippen molar-refractivity contribution < 1.29 is 18.3 Å². The zero-order valence-corrected chi connectivity index (χ0v) is 12.7. The molecule has 4 nitrogen and oxygen atoms in total. The average molecular weight is 305 g/mol.